The van der Waals surface area contributed by atoms with E-state index in [0.717, 1.165) is 25.1 Å². The van der Waals surface area contributed by atoms with Crippen LogP contribution >= 0.6 is 0 Å². The van der Waals surface area contributed by atoms with Crippen molar-refractivity contribution in [1.29, 1.82) is 0 Å². The van der Waals surface area contributed by atoms with Gasteiger partial charge in [0.1, 0.15) is 6.61 Å². The Morgan fingerprint density at radius 2 is 2.08 bits per heavy atom. The van der Waals surface area contributed by atoms with Crippen molar-refractivity contribution < 1.29 is 4.84 Å². The van der Waals surface area contributed by atoms with Gasteiger partial charge in [0, 0.05) is 0 Å². The monoisotopic (exact) mass is 172 g/mol. The van der Waals surface area contributed by atoms with Crippen molar-refractivity contribution in [3.8, 4) is 0 Å². The highest BCUT2D eigenvalue weighted by Gasteiger charge is 1.94. The Balaban J connectivity index is 3.36. The highest BCUT2D eigenvalue weighted by Crippen LogP contribution is 1.94. The van der Waals surface area contributed by atoms with Crippen LogP contribution in [-0.4, -0.2) is 37.9 Å². The highest BCUT2D eigenvalue weighted by atomic mass is 16.6. The van der Waals surface area contributed by atoms with Gasteiger partial charge >= 0.3 is 0 Å². The molecular weight excluding hydrogens is 152 g/mol. The molecule has 0 aromatic heterocycles. The standard InChI is InChI=1S/C9H20N2O/c1-5-12-10-9(2)7-6-8-11(3)4/h5-8H2,1-4H3. The first-order chi connectivity index (χ1) is 5.66. The summed E-state index contributed by atoms with van der Waals surface area (Å²) in [4.78, 5) is 7.10. The average molecular weight is 172 g/mol. The van der Waals surface area contributed by atoms with Crippen molar-refractivity contribution in [3.63, 3.8) is 0 Å². The number of hydrogen-bond donors (Lipinski definition) is 0. The van der Waals surface area contributed by atoms with Crippen LogP contribution in [0.15, 0.2) is 5.16 Å². The maximum Gasteiger partial charge on any atom is 0.114 e. The quantitative estimate of drug-likeness (QED) is 0.450. The minimum atomic E-state index is 0.658. The molecule has 3 nitrogen and oxygen atoms in total. The topological polar surface area (TPSA) is 24.8 Å². The molecule has 0 amide bonds. The molecule has 0 spiro atoms. The minimum absolute atomic E-state index is 0.658. The van der Waals surface area contributed by atoms with Crippen LogP contribution in [0.5, 0.6) is 0 Å². The molecule has 0 N–H and O–H groups in total. The lowest BCUT2D eigenvalue weighted by atomic mass is 10.2. The van der Waals surface area contributed by atoms with Crippen LogP contribution in [-0.2, 0) is 4.84 Å². The third-order valence-electron chi connectivity index (χ3n) is 1.49. The molecule has 0 aliphatic carbocycles. The van der Waals surface area contributed by atoms with Crippen LogP contribution in [0, 0.1) is 0 Å². The van der Waals surface area contributed by atoms with Gasteiger partial charge < -0.3 is 9.74 Å². The van der Waals surface area contributed by atoms with Crippen LogP contribution in [0.25, 0.3) is 0 Å². The van der Waals surface area contributed by atoms with Gasteiger partial charge in [-0.3, -0.25) is 0 Å². The Morgan fingerprint density at radius 3 is 2.58 bits per heavy atom. The summed E-state index contributed by atoms with van der Waals surface area (Å²) in [6.07, 6.45) is 2.17. The maximum atomic E-state index is 4.93. The minimum Gasteiger partial charge on any atom is -0.396 e. The zero-order valence-electron chi connectivity index (χ0n) is 8.63. The largest absolute Gasteiger partial charge is 0.396 e. The van der Waals surface area contributed by atoms with Crippen LogP contribution in [0.1, 0.15) is 26.7 Å². The molecular formula is C9H20N2O. The smallest absolute Gasteiger partial charge is 0.114 e. The van der Waals surface area contributed by atoms with Crippen LogP contribution in [0.4, 0.5) is 0 Å². The van der Waals surface area contributed by atoms with E-state index in [2.05, 4.69) is 24.2 Å². The van der Waals surface area contributed by atoms with E-state index >= 15 is 0 Å². The second-order valence-corrected chi connectivity index (χ2v) is 3.15. The Kier molecular flexibility index (Phi) is 6.76. The van der Waals surface area contributed by atoms with Gasteiger partial charge in [-0.1, -0.05) is 5.16 Å². The van der Waals surface area contributed by atoms with Gasteiger partial charge in [-0.25, -0.2) is 0 Å². The van der Waals surface area contributed by atoms with Gasteiger partial charge in [-0.2, -0.15) is 0 Å². The molecule has 0 radical (unpaired) electrons. The van der Waals surface area contributed by atoms with Crippen LogP contribution in [0.3, 0.4) is 0 Å². The van der Waals surface area contributed by atoms with E-state index in [-0.39, 0.29) is 0 Å². The second-order valence-electron chi connectivity index (χ2n) is 3.15. The van der Waals surface area contributed by atoms with Gasteiger partial charge in [0.05, 0.1) is 5.71 Å². The van der Waals surface area contributed by atoms with Crippen molar-refractivity contribution in [2.24, 2.45) is 5.16 Å². The molecule has 0 aliphatic rings. The van der Waals surface area contributed by atoms with E-state index in [9.17, 15) is 0 Å². The third kappa shape index (κ3) is 7.54. The zero-order valence-corrected chi connectivity index (χ0v) is 8.63. The van der Waals surface area contributed by atoms with Gasteiger partial charge in [0.2, 0.25) is 0 Å². The Hall–Kier alpha value is -0.570. The molecule has 0 saturated carbocycles. The summed E-state index contributed by atoms with van der Waals surface area (Å²) in [5.74, 6) is 0. The molecule has 12 heavy (non-hydrogen) atoms. The fourth-order valence-corrected chi connectivity index (χ4v) is 0.872. The molecule has 0 unspecified atom stereocenters. The lowest BCUT2D eigenvalue weighted by Crippen LogP contribution is -2.13. The molecule has 0 bridgehead atoms. The third-order valence-corrected chi connectivity index (χ3v) is 1.49. The first-order valence-corrected chi connectivity index (χ1v) is 4.47. The van der Waals surface area contributed by atoms with Crippen LogP contribution < -0.4 is 0 Å². The Morgan fingerprint density at radius 1 is 1.42 bits per heavy atom. The number of oxime groups is 1. The Labute approximate surface area is 75.4 Å². The van der Waals surface area contributed by atoms with Gasteiger partial charge in [0.25, 0.3) is 0 Å². The van der Waals surface area contributed by atoms with E-state index < -0.39 is 0 Å². The van der Waals surface area contributed by atoms with Gasteiger partial charge in [0.15, 0.2) is 0 Å². The predicted octanol–water partition coefficient (Wildman–Crippen LogP) is 1.74. The summed E-state index contributed by atoms with van der Waals surface area (Å²) in [5, 5.41) is 3.94. The van der Waals surface area contributed by atoms with E-state index in [1.807, 2.05) is 13.8 Å². The molecule has 0 aromatic carbocycles. The van der Waals surface area contributed by atoms with E-state index in [1.54, 1.807) is 0 Å². The van der Waals surface area contributed by atoms with Crippen LogP contribution in [0.2, 0.25) is 0 Å². The van der Waals surface area contributed by atoms with Crippen molar-refractivity contribution in [2.45, 2.75) is 26.7 Å². The summed E-state index contributed by atoms with van der Waals surface area (Å²) in [7, 11) is 4.16. The van der Waals surface area contributed by atoms with E-state index in [1.165, 1.54) is 0 Å². The summed E-state index contributed by atoms with van der Waals surface area (Å²) in [6.45, 7) is 5.71. The zero-order chi connectivity index (χ0) is 9.40. The normalized spacial score (nSPS) is 12.2. The van der Waals surface area contributed by atoms with Gasteiger partial charge in [-0.05, 0) is 47.3 Å². The molecule has 72 valence electrons. The lowest BCUT2D eigenvalue weighted by Gasteiger charge is -2.08. The average Bonchev–Trinajstić information content (AvgIpc) is 2.00. The number of hydrogen-bond acceptors (Lipinski definition) is 3. The maximum absolute atomic E-state index is 4.93. The molecule has 0 fully saturated rings. The first kappa shape index (κ1) is 11.4. The molecule has 0 saturated heterocycles. The highest BCUT2D eigenvalue weighted by molar-refractivity contribution is 5.81. The summed E-state index contributed by atoms with van der Waals surface area (Å²) in [6, 6.07) is 0. The van der Waals surface area contributed by atoms with E-state index in [4.69, 9.17) is 4.84 Å². The fourth-order valence-electron chi connectivity index (χ4n) is 0.872. The van der Waals surface area contributed by atoms with Crippen molar-refractivity contribution in [2.75, 3.05) is 27.2 Å². The fraction of sp³-hybridized carbons (Fsp3) is 0.889. The summed E-state index contributed by atoms with van der Waals surface area (Å²) in [5.41, 5.74) is 1.08. The number of nitrogens with zero attached hydrogens (tertiary/aromatic N) is 2. The lowest BCUT2D eigenvalue weighted by molar-refractivity contribution is 0.158. The molecule has 3 heteroatoms. The molecule has 0 aromatic rings. The van der Waals surface area contributed by atoms with Gasteiger partial charge in [-0.15, -0.1) is 0 Å². The molecule has 0 heterocycles. The van der Waals surface area contributed by atoms with Crippen molar-refractivity contribution in [3.05, 3.63) is 0 Å². The SMILES string of the molecule is CCON=C(C)CCCN(C)C. The Bertz CT molecular complexity index is 132. The second kappa shape index (κ2) is 7.10. The molecule has 0 aliphatic heterocycles. The van der Waals surface area contributed by atoms with Crippen molar-refractivity contribution >= 4 is 5.71 Å². The van der Waals surface area contributed by atoms with E-state index in [0.29, 0.717) is 6.61 Å². The summed E-state index contributed by atoms with van der Waals surface area (Å²) < 4.78 is 0. The predicted molar refractivity (Wildman–Crippen MR) is 52.5 cm³/mol. The number of rotatable bonds is 6. The molecule has 0 atom stereocenters. The first-order valence-electron chi connectivity index (χ1n) is 4.47. The molecule has 0 rings (SSSR count). The van der Waals surface area contributed by atoms with Crippen molar-refractivity contribution in [1.82, 2.24) is 4.90 Å². The summed E-state index contributed by atoms with van der Waals surface area (Å²) >= 11 is 0.